The van der Waals surface area contributed by atoms with Crippen molar-refractivity contribution in [1.29, 1.82) is 0 Å². The fourth-order valence-electron chi connectivity index (χ4n) is 2.83. The molecule has 0 spiro atoms. The van der Waals surface area contributed by atoms with Crippen molar-refractivity contribution in [2.45, 2.75) is 19.9 Å². The number of carbonyl (C=O) groups is 1. The van der Waals surface area contributed by atoms with Gasteiger partial charge in [-0.25, -0.2) is 0 Å². The van der Waals surface area contributed by atoms with E-state index >= 15 is 0 Å². The molecule has 1 amide bonds. The maximum absolute atomic E-state index is 12.4. The maximum atomic E-state index is 12.4. The number of ether oxygens (including phenoxy) is 1. The van der Waals surface area contributed by atoms with Gasteiger partial charge in [0.25, 0.3) is 0 Å². The number of aromatic amines is 1. The predicted octanol–water partition coefficient (Wildman–Crippen LogP) is 3.28. The second-order valence-electron chi connectivity index (χ2n) is 6.22. The number of H-pyrrole nitrogens is 1. The van der Waals surface area contributed by atoms with Gasteiger partial charge in [0.05, 0.1) is 7.11 Å². The van der Waals surface area contributed by atoms with Crippen molar-refractivity contribution in [3.63, 3.8) is 0 Å². The van der Waals surface area contributed by atoms with Crippen LogP contribution in [0.3, 0.4) is 0 Å². The van der Waals surface area contributed by atoms with Crippen molar-refractivity contribution in [2.24, 2.45) is 0 Å². The molecule has 2 aromatic carbocycles. The molecule has 3 aromatic rings. The van der Waals surface area contributed by atoms with E-state index in [1.807, 2.05) is 55.5 Å². The molecule has 0 atom stereocenters. The molecule has 0 radical (unpaired) electrons. The van der Waals surface area contributed by atoms with Crippen LogP contribution in [-0.2, 0) is 17.8 Å². The molecule has 7 heteroatoms. The normalized spacial score (nSPS) is 10.6. The molecule has 0 aliphatic carbocycles. The predicted molar refractivity (Wildman–Crippen MR) is 107 cm³/mol. The second-order valence-corrected chi connectivity index (χ2v) is 6.60. The second kappa shape index (κ2) is 8.64. The number of para-hydroxylation sites is 1. The number of hydrogen-bond acceptors (Lipinski definition) is 4. The molecule has 6 nitrogen and oxygen atoms in total. The number of hydrogen-bond donors (Lipinski definition) is 2. The first-order chi connectivity index (χ1) is 13.1. The number of benzene rings is 2. The van der Waals surface area contributed by atoms with Crippen LogP contribution in [-0.4, -0.2) is 34.3 Å². The molecule has 27 heavy (non-hydrogen) atoms. The Hall–Kier alpha value is -2.93. The number of nitrogens with one attached hydrogen (secondary N) is 2. The molecule has 0 bridgehead atoms. The van der Waals surface area contributed by atoms with E-state index in [0.29, 0.717) is 23.6 Å². The van der Waals surface area contributed by atoms with Gasteiger partial charge in [-0.15, -0.1) is 0 Å². The number of rotatable bonds is 7. The Balaban J connectivity index is 1.64. The fourth-order valence-corrected chi connectivity index (χ4v) is 3.03. The molecule has 0 fully saturated rings. The van der Waals surface area contributed by atoms with Gasteiger partial charge in [0, 0.05) is 12.1 Å². The maximum Gasteiger partial charge on any atom is 0.240 e. The SMILES string of the molecule is COc1ccccc1CCNC(=O)Cn1c(-c2ccc(C)cc2)n[nH]c1=S. The molecule has 3 rings (SSSR count). The van der Waals surface area contributed by atoms with Crippen LogP contribution in [0, 0.1) is 11.7 Å². The topological polar surface area (TPSA) is 71.9 Å². The van der Waals surface area contributed by atoms with Gasteiger partial charge in [0.2, 0.25) is 5.91 Å². The summed E-state index contributed by atoms with van der Waals surface area (Å²) in [7, 11) is 1.64. The largest absolute Gasteiger partial charge is 0.496 e. The molecule has 1 heterocycles. The molecular formula is C20H22N4O2S. The first kappa shape index (κ1) is 18.8. The van der Waals surface area contributed by atoms with Crippen molar-refractivity contribution >= 4 is 18.1 Å². The lowest BCUT2D eigenvalue weighted by Crippen LogP contribution is -2.29. The molecule has 0 unspecified atom stereocenters. The first-order valence-corrected chi connectivity index (χ1v) is 9.10. The number of amides is 1. The average molecular weight is 382 g/mol. The smallest absolute Gasteiger partial charge is 0.240 e. The molecule has 0 saturated heterocycles. The Morgan fingerprint density at radius 2 is 1.96 bits per heavy atom. The Morgan fingerprint density at radius 1 is 1.22 bits per heavy atom. The van der Waals surface area contributed by atoms with Crippen LogP contribution in [0.15, 0.2) is 48.5 Å². The lowest BCUT2D eigenvalue weighted by atomic mass is 10.1. The fraction of sp³-hybridized carbons (Fsp3) is 0.250. The van der Waals surface area contributed by atoms with Gasteiger partial charge in [-0.05, 0) is 37.2 Å². The zero-order chi connectivity index (χ0) is 19.2. The standard InChI is InChI=1S/C20H22N4O2S/c1-14-7-9-16(10-8-14)19-22-23-20(27)24(19)13-18(25)21-12-11-15-5-3-4-6-17(15)26-2/h3-10H,11-13H2,1-2H3,(H,21,25)(H,23,27). The van der Waals surface area contributed by atoms with Gasteiger partial charge in [-0.1, -0.05) is 48.0 Å². The van der Waals surface area contributed by atoms with Crippen LogP contribution in [0.1, 0.15) is 11.1 Å². The minimum Gasteiger partial charge on any atom is -0.496 e. The third-order valence-electron chi connectivity index (χ3n) is 4.28. The Kier molecular flexibility index (Phi) is 6.03. The van der Waals surface area contributed by atoms with Gasteiger partial charge in [0.15, 0.2) is 10.6 Å². The van der Waals surface area contributed by atoms with Crippen LogP contribution in [0.4, 0.5) is 0 Å². The van der Waals surface area contributed by atoms with Gasteiger partial charge in [0.1, 0.15) is 12.3 Å². The number of methoxy groups -OCH3 is 1. The Labute approximate surface area is 163 Å². The van der Waals surface area contributed by atoms with Crippen LogP contribution < -0.4 is 10.1 Å². The van der Waals surface area contributed by atoms with Crippen molar-refractivity contribution in [2.75, 3.05) is 13.7 Å². The molecule has 0 saturated carbocycles. The third kappa shape index (κ3) is 4.62. The lowest BCUT2D eigenvalue weighted by Gasteiger charge is -2.10. The third-order valence-corrected chi connectivity index (χ3v) is 4.59. The van der Waals surface area contributed by atoms with E-state index in [9.17, 15) is 4.79 Å². The molecule has 0 aliphatic rings. The lowest BCUT2D eigenvalue weighted by molar-refractivity contribution is -0.121. The van der Waals surface area contributed by atoms with Crippen molar-refractivity contribution in [1.82, 2.24) is 20.1 Å². The Morgan fingerprint density at radius 3 is 2.70 bits per heavy atom. The summed E-state index contributed by atoms with van der Waals surface area (Å²) in [6.07, 6.45) is 0.692. The van der Waals surface area contributed by atoms with Crippen molar-refractivity contribution < 1.29 is 9.53 Å². The summed E-state index contributed by atoms with van der Waals surface area (Å²) in [5.74, 6) is 1.36. The average Bonchev–Trinajstić information content (AvgIpc) is 3.03. The summed E-state index contributed by atoms with van der Waals surface area (Å²) >= 11 is 5.29. The van der Waals surface area contributed by atoms with E-state index in [1.165, 1.54) is 0 Å². The highest BCUT2D eigenvalue weighted by Crippen LogP contribution is 2.18. The summed E-state index contributed by atoms with van der Waals surface area (Å²) in [6.45, 7) is 2.66. The van der Waals surface area contributed by atoms with E-state index < -0.39 is 0 Å². The van der Waals surface area contributed by atoms with E-state index in [0.717, 1.165) is 22.4 Å². The van der Waals surface area contributed by atoms with Gasteiger partial charge in [-0.2, -0.15) is 5.10 Å². The quantitative estimate of drug-likeness (QED) is 0.615. The minimum absolute atomic E-state index is 0.115. The van der Waals surface area contributed by atoms with Crippen LogP contribution in [0.5, 0.6) is 5.75 Å². The first-order valence-electron chi connectivity index (χ1n) is 8.69. The van der Waals surface area contributed by atoms with Gasteiger partial charge < -0.3 is 10.1 Å². The molecule has 0 aliphatic heterocycles. The molecule has 140 valence electrons. The highest BCUT2D eigenvalue weighted by Gasteiger charge is 2.12. The monoisotopic (exact) mass is 382 g/mol. The molecule has 1 aromatic heterocycles. The summed E-state index contributed by atoms with van der Waals surface area (Å²) in [5, 5.41) is 9.97. The van der Waals surface area contributed by atoms with Gasteiger partial charge >= 0.3 is 0 Å². The van der Waals surface area contributed by atoms with Crippen molar-refractivity contribution in [3.05, 3.63) is 64.4 Å². The van der Waals surface area contributed by atoms with E-state index in [2.05, 4.69) is 15.5 Å². The van der Waals surface area contributed by atoms with E-state index in [4.69, 9.17) is 17.0 Å². The van der Waals surface area contributed by atoms with Crippen molar-refractivity contribution in [3.8, 4) is 17.1 Å². The summed E-state index contributed by atoms with van der Waals surface area (Å²) in [4.78, 5) is 12.4. The highest BCUT2D eigenvalue weighted by atomic mass is 32.1. The highest BCUT2D eigenvalue weighted by molar-refractivity contribution is 7.71. The summed E-state index contributed by atoms with van der Waals surface area (Å²) in [5.41, 5.74) is 3.13. The van der Waals surface area contributed by atoms with Crippen LogP contribution in [0.2, 0.25) is 0 Å². The summed E-state index contributed by atoms with van der Waals surface area (Å²) < 4.78 is 7.46. The van der Waals surface area contributed by atoms with E-state index in [-0.39, 0.29) is 12.5 Å². The Bertz CT molecular complexity index is 976. The zero-order valence-corrected chi connectivity index (χ0v) is 16.2. The number of nitrogens with zero attached hydrogens (tertiary/aromatic N) is 2. The molecule has 2 N–H and O–H groups in total. The number of aryl methyl sites for hydroxylation is 1. The van der Waals surface area contributed by atoms with Crippen LogP contribution in [0.25, 0.3) is 11.4 Å². The molecular weight excluding hydrogens is 360 g/mol. The summed E-state index contributed by atoms with van der Waals surface area (Å²) in [6, 6.07) is 15.7. The van der Waals surface area contributed by atoms with Crippen LogP contribution >= 0.6 is 12.2 Å². The number of aromatic nitrogens is 3. The van der Waals surface area contributed by atoms with E-state index in [1.54, 1.807) is 11.7 Å². The van der Waals surface area contributed by atoms with Gasteiger partial charge in [-0.3, -0.25) is 14.5 Å². The number of carbonyl (C=O) groups excluding carboxylic acids is 1. The zero-order valence-electron chi connectivity index (χ0n) is 15.4. The minimum atomic E-state index is -0.115.